The summed E-state index contributed by atoms with van der Waals surface area (Å²) in [4.78, 5) is 12.4. The van der Waals surface area contributed by atoms with Gasteiger partial charge in [-0.3, -0.25) is 4.98 Å². The first-order chi connectivity index (χ1) is 11.8. The van der Waals surface area contributed by atoms with Crippen LogP contribution in [-0.4, -0.2) is 64.8 Å². The second kappa shape index (κ2) is 10.2. The minimum atomic E-state index is 0. The van der Waals surface area contributed by atoms with Crippen LogP contribution in [0.25, 0.3) is 11.0 Å². The molecular weight excluding hydrogens is 345 g/mol. The van der Waals surface area contributed by atoms with Crippen LogP contribution in [0.4, 0.5) is 0 Å². The first kappa shape index (κ1) is 20.3. The average Bonchev–Trinajstić information content (AvgIpc) is 3.02. The van der Waals surface area contributed by atoms with E-state index in [0.717, 1.165) is 45.4 Å². The Morgan fingerprint density at radius 2 is 2.00 bits per heavy atom. The first-order valence-corrected chi connectivity index (χ1v) is 8.90. The fourth-order valence-electron chi connectivity index (χ4n) is 2.38. The van der Waals surface area contributed by atoms with Crippen molar-refractivity contribution in [2.45, 2.75) is 24.3 Å². The van der Waals surface area contributed by atoms with Gasteiger partial charge in [0.05, 0.1) is 23.3 Å². The molecular formula is C18H21N3NaO2S. The summed E-state index contributed by atoms with van der Waals surface area (Å²) in [7, 11) is 1.70. The molecule has 2 aromatic heterocycles. The molecule has 0 unspecified atom stereocenters. The number of benzene rings is 1. The van der Waals surface area contributed by atoms with E-state index in [9.17, 15) is 0 Å². The van der Waals surface area contributed by atoms with Crippen molar-refractivity contribution in [2.75, 3.05) is 20.3 Å². The van der Waals surface area contributed by atoms with Crippen LogP contribution >= 0.6 is 11.8 Å². The summed E-state index contributed by atoms with van der Waals surface area (Å²) in [5, 5.41) is 0.906. The Kier molecular flexibility index (Phi) is 8.26. The number of fused-ring (bicyclic) bond motifs is 1. The number of para-hydroxylation sites is 2. The molecule has 25 heavy (non-hydrogen) atoms. The van der Waals surface area contributed by atoms with E-state index in [1.807, 2.05) is 37.3 Å². The van der Waals surface area contributed by atoms with Crippen LogP contribution in [0, 0.1) is 6.92 Å². The van der Waals surface area contributed by atoms with E-state index in [-0.39, 0.29) is 29.6 Å². The molecule has 3 rings (SSSR count). The van der Waals surface area contributed by atoms with Crippen LogP contribution in [0.5, 0.6) is 5.75 Å². The number of aromatic nitrogens is 3. The molecule has 0 aliphatic rings. The number of imidazole rings is 1. The number of hydrogen-bond acceptors (Lipinski definition) is 5. The van der Waals surface area contributed by atoms with Gasteiger partial charge in [0.15, 0.2) is 5.16 Å². The number of hydrogen-bond donors (Lipinski definition) is 1. The van der Waals surface area contributed by atoms with Gasteiger partial charge in [0.1, 0.15) is 5.75 Å². The van der Waals surface area contributed by atoms with E-state index >= 15 is 0 Å². The van der Waals surface area contributed by atoms with Gasteiger partial charge in [-0.1, -0.05) is 23.9 Å². The molecule has 0 amide bonds. The SMILES string of the molecule is COCCCOc1ccnc(CSc2nc3ccccc3[nH]2)c1C.[Na]. The van der Waals surface area contributed by atoms with Crippen LogP contribution in [-0.2, 0) is 10.5 Å². The Bertz CT molecular complexity index is 777. The van der Waals surface area contributed by atoms with E-state index in [0.29, 0.717) is 13.2 Å². The van der Waals surface area contributed by atoms with Gasteiger partial charge in [-0.05, 0) is 25.1 Å². The van der Waals surface area contributed by atoms with Crippen molar-refractivity contribution in [3.05, 3.63) is 47.8 Å². The summed E-state index contributed by atoms with van der Waals surface area (Å²) in [5.41, 5.74) is 4.14. The molecule has 1 aromatic carbocycles. The van der Waals surface area contributed by atoms with Crippen molar-refractivity contribution in [2.24, 2.45) is 0 Å². The number of thioether (sulfide) groups is 1. The number of ether oxygens (including phenoxy) is 2. The van der Waals surface area contributed by atoms with E-state index in [2.05, 4.69) is 15.0 Å². The van der Waals surface area contributed by atoms with Crippen molar-refractivity contribution in [1.82, 2.24) is 15.0 Å². The maximum absolute atomic E-state index is 5.83. The molecule has 0 aliphatic carbocycles. The Labute approximate surface area is 174 Å². The van der Waals surface area contributed by atoms with Gasteiger partial charge in [0.2, 0.25) is 0 Å². The van der Waals surface area contributed by atoms with Crippen molar-refractivity contribution >= 4 is 52.4 Å². The average molecular weight is 366 g/mol. The Hall–Kier alpha value is -1.05. The molecule has 5 nitrogen and oxygen atoms in total. The van der Waals surface area contributed by atoms with Crippen molar-refractivity contribution in [3.8, 4) is 5.75 Å². The summed E-state index contributed by atoms with van der Waals surface area (Å²) < 4.78 is 10.9. The van der Waals surface area contributed by atoms with E-state index in [4.69, 9.17) is 9.47 Å². The van der Waals surface area contributed by atoms with E-state index < -0.39 is 0 Å². The van der Waals surface area contributed by atoms with Crippen molar-refractivity contribution in [1.29, 1.82) is 0 Å². The predicted molar refractivity (Wildman–Crippen MR) is 102 cm³/mol. The number of methoxy groups -OCH3 is 1. The van der Waals surface area contributed by atoms with Gasteiger partial charge in [-0.25, -0.2) is 4.98 Å². The Morgan fingerprint density at radius 1 is 1.16 bits per heavy atom. The molecule has 7 heteroatoms. The molecule has 0 spiro atoms. The zero-order valence-corrected chi connectivity index (χ0v) is 17.7. The number of pyridine rings is 1. The molecule has 0 aliphatic heterocycles. The van der Waals surface area contributed by atoms with Gasteiger partial charge in [0, 0.05) is 67.2 Å². The predicted octanol–water partition coefficient (Wildman–Crippen LogP) is 3.59. The molecule has 0 bridgehead atoms. The number of nitrogens with one attached hydrogen (secondary N) is 1. The normalized spacial score (nSPS) is 10.6. The van der Waals surface area contributed by atoms with Crippen LogP contribution in [0.2, 0.25) is 0 Å². The third-order valence-electron chi connectivity index (χ3n) is 3.72. The zero-order chi connectivity index (χ0) is 16.8. The van der Waals surface area contributed by atoms with Crippen LogP contribution in [0.15, 0.2) is 41.7 Å². The van der Waals surface area contributed by atoms with E-state index in [1.54, 1.807) is 25.1 Å². The number of rotatable bonds is 8. The van der Waals surface area contributed by atoms with Gasteiger partial charge >= 0.3 is 0 Å². The third kappa shape index (κ3) is 5.46. The molecule has 3 aromatic rings. The minimum absolute atomic E-state index is 0. The summed E-state index contributed by atoms with van der Waals surface area (Å²) in [5.74, 6) is 1.64. The van der Waals surface area contributed by atoms with Gasteiger partial charge in [0.25, 0.3) is 0 Å². The number of nitrogens with zero attached hydrogens (tertiary/aromatic N) is 2. The van der Waals surface area contributed by atoms with Gasteiger partial charge in [-0.2, -0.15) is 0 Å². The fraction of sp³-hybridized carbons (Fsp3) is 0.333. The monoisotopic (exact) mass is 366 g/mol. The summed E-state index contributed by atoms with van der Waals surface area (Å²) in [6, 6.07) is 9.95. The fourth-order valence-corrected chi connectivity index (χ4v) is 3.29. The molecule has 2 heterocycles. The topological polar surface area (TPSA) is 60.0 Å². The minimum Gasteiger partial charge on any atom is -0.493 e. The molecule has 0 atom stereocenters. The smallest absolute Gasteiger partial charge is 0.166 e. The molecule has 127 valence electrons. The Balaban J connectivity index is 0.00000225. The molecule has 0 saturated carbocycles. The standard InChI is InChI=1S/C18H21N3O2S.Na/c1-13-16(19-9-8-17(13)23-11-5-10-22-2)12-24-18-20-14-6-3-4-7-15(14)21-18;/h3-4,6-9H,5,10-12H2,1-2H3,(H,20,21);. The molecule has 1 N–H and O–H groups in total. The van der Waals surface area contributed by atoms with Crippen molar-refractivity contribution in [3.63, 3.8) is 0 Å². The largest absolute Gasteiger partial charge is 0.493 e. The Morgan fingerprint density at radius 3 is 2.80 bits per heavy atom. The van der Waals surface area contributed by atoms with Gasteiger partial charge < -0.3 is 14.5 Å². The summed E-state index contributed by atoms with van der Waals surface area (Å²) >= 11 is 1.65. The number of aromatic amines is 1. The van der Waals surface area contributed by atoms with Crippen LogP contribution in [0.3, 0.4) is 0 Å². The summed E-state index contributed by atoms with van der Waals surface area (Å²) in [6.07, 6.45) is 2.68. The first-order valence-electron chi connectivity index (χ1n) is 7.91. The van der Waals surface area contributed by atoms with Gasteiger partial charge in [-0.15, -0.1) is 0 Å². The van der Waals surface area contributed by atoms with E-state index in [1.165, 1.54) is 0 Å². The maximum Gasteiger partial charge on any atom is 0.166 e. The second-order valence-electron chi connectivity index (χ2n) is 5.42. The van der Waals surface area contributed by atoms with Crippen molar-refractivity contribution < 1.29 is 9.47 Å². The van der Waals surface area contributed by atoms with Crippen LogP contribution in [0.1, 0.15) is 17.7 Å². The second-order valence-corrected chi connectivity index (χ2v) is 6.39. The molecule has 0 fully saturated rings. The summed E-state index contributed by atoms with van der Waals surface area (Å²) in [6.45, 7) is 3.40. The number of H-pyrrole nitrogens is 1. The zero-order valence-electron chi connectivity index (χ0n) is 14.9. The molecule has 0 saturated heterocycles. The quantitative estimate of drug-likeness (QED) is 0.375. The maximum atomic E-state index is 5.83. The third-order valence-corrected chi connectivity index (χ3v) is 4.61. The van der Waals surface area contributed by atoms with Crippen LogP contribution < -0.4 is 4.74 Å². The molecule has 1 radical (unpaired) electrons.